The summed E-state index contributed by atoms with van der Waals surface area (Å²) < 4.78 is 0. The molecule has 2 heteroatoms. The zero-order chi connectivity index (χ0) is 11.4. The van der Waals surface area contributed by atoms with Crippen molar-refractivity contribution in [2.24, 2.45) is 5.92 Å². The van der Waals surface area contributed by atoms with Crippen molar-refractivity contribution in [2.75, 3.05) is 0 Å². The molecule has 0 amide bonds. The number of rotatable bonds is 4. The van der Waals surface area contributed by atoms with Crippen molar-refractivity contribution in [3.8, 4) is 0 Å². The smallest absolute Gasteiger partial charge is 0.0570 e. The van der Waals surface area contributed by atoms with Gasteiger partial charge in [0.1, 0.15) is 0 Å². The average Bonchev–Trinajstić information content (AvgIpc) is 2.77. The van der Waals surface area contributed by atoms with E-state index in [4.69, 9.17) is 0 Å². The molecule has 1 aromatic heterocycles. The fourth-order valence-electron chi connectivity index (χ4n) is 2.78. The van der Waals surface area contributed by atoms with E-state index in [2.05, 4.69) is 36.3 Å². The second kappa shape index (κ2) is 5.44. The lowest BCUT2D eigenvalue weighted by Gasteiger charge is -2.24. The van der Waals surface area contributed by atoms with Crippen LogP contribution in [0.4, 0.5) is 0 Å². The van der Waals surface area contributed by atoms with Gasteiger partial charge in [0, 0.05) is 18.3 Å². The van der Waals surface area contributed by atoms with E-state index < -0.39 is 0 Å². The number of nitrogens with one attached hydrogen (secondary N) is 1. The molecule has 0 aromatic carbocycles. The Labute approximate surface area is 98.5 Å². The molecule has 2 rings (SSSR count). The van der Waals surface area contributed by atoms with Crippen LogP contribution in [0.3, 0.4) is 0 Å². The molecule has 0 aliphatic heterocycles. The Morgan fingerprint density at radius 1 is 1.44 bits per heavy atom. The third-order valence-electron chi connectivity index (χ3n) is 3.78. The first-order chi connectivity index (χ1) is 7.81. The summed E-state index contributed by atoms with van der Waals surface area (Å²) in [5.41, 5.74) is 1.16. The highest BCUT2D eigenvalue weighted by molar-refractivity contribution is 5.08. The van der Waals surface area contributed by atoms with Gasteiger partial charge >= 0.3 is 0 Å². The Hall–Kier alpha value is -0.890. The van der Waals surface area contributed by atoms with Crippen LogP contribution >= 0.6 is 0 Å². The van der Waals surface area contributed by atoms with Crippen molar-refractivity contribution in [3.05, 3.63) is 30.1 Å². The van der Waals surface area contributed by atoms with Gasteiger partial charge in [-0.05, 0) is 37.8 Å². The van der Waals surface area contributed by atoms with Crippen molar-refractivity contribution in [1.29, 1.82) is 0 Å². The molecule has 2 unspecified atom stereocenters. The first-order valence-electron chi connectivity index (χ1n) is 6.48. The monoisotopic (exact) mass is 218 g/mol. The Bertz CT molecular complexity index is 310. The topological polar surface area (TPSA) is 24.9 Å². The fraction of sp³-hybridized carbons (Fsp3) is 0.643. The molecule has 1 fully saturated rings. The van der Waals surface area contributed by atoms with Crippen molar-refractivity contribution in [1.82, 2.24) is 10.3 Å². The molecule has 0 spiro atoms. The molecule has 0 saturated heterocycles. The van der Waals surface area contributed by atoms with E-state index in [1.807, 2.05) is 12.3 Å². The molecular weight excluding hydrogens is 196 g/mol. The normalized spacial score (nSPS) is 26.9. The van der Waals surface area contributed by atoms with E-state index in [0.29, 0.717) is 12.1 Å². The van der Waals surface area contributed by atoms with Crippen LogP contribution in [-0.2, 0) is 0 Å². The molecule has 1 heterocycles. The van der Waals surface area contributed by atoms with E-state index in [9.17, 15) is 0 Å². The molecular formula is C14H22N2. The highest BCUT2D eigenvalue weighted by Crippen LogP contribution is 2.29. The van der Waals surface area contributed by atoms with E-state index >= 15 is 0 Å². The summed E-state index contributed by atoms with van der Waals surface area (Å²) in [6, 6.07) is 7.21. The minimum absolute atomic E-state index is 0.373. The maximum Gasteiger partial charge on any atom is 0.0570 e. The van der Waals surface area contributed by atoms with E-state index in [0.717, 1.165) is 11.6 Å². The molecule has 0 bridgehead atoms. The van der Waals surface area contributed by atoms with Crippen LogP contribution in [-0.4, -0.2) is 11.0 Å². The Kier molecular flexibility index (Phi) is 3.94. The first-order valence-corrected chi connectivity index (χ1v) is 6.48. The largest absolute Gasteiger partial charge is 0.306 e. The van der Waals surface area contributed by atoms with Crippen molar-refractivity contribution in [2.45, 2.75) is 51.6 Å². The van der Waals surface area contributed by atoms with Crippen LogP contribution in [0, 0.1) is 5.92 Å². The predicted molar refractivity (Wildman–Crippen MR) is 67.2 cm³/mol. The average molecular weight is 218 g/mol. The maximum atomic E-state index is 4.41. The molecule has 3 atom stereocenters. The van der Waals surface area contributed by atoms with Gasteiger partial charge in [-0.2, -0.15) is 0 Å². The quantitative estimate of drug-likeness (QED) is 0.838. The maximum absolute atomic E-state index is 4.41. The Morgan fingerprint density at radius 2 is 2.31 bits per heavy atom. The van der Waals surface area contributed by atoms with Gasteiger partial charge in [0.15, 0.2) is 0 Å². The van der Waals surface area contributed by atoms with Crippen LogP contribution in [0.25, 0.3) is 0 Å². The SMILES string of the molecule is CCC1CCCC1N[C@H](C)c1ccccn1. The highest BCUT2D eigenvalue weighted by atomic mass is 15.0. The van der Waals surface area contributed by atoms with Crippen molar-refractivity contribution < 1.29 is 0 Å². The summed E-state index contributed by atoms with van der Waals surface area (Å²) in [6.45, 7) is 4.52. The zero-order valence-electron chi connectivity index (χ0n) is 10.3. The van der Waals surface area contributed by atoms with Crippen LogP contribution in [0.15, 0.2) is 24.4 Å². The molecule has 2 nitrogen and oxygen atoms in total. The van der Waals surface area contributed by atoms with Gasteiger partial charge in [0.05, 0.1) is 5.69 Å². The fourth-order valence-corrected chi connectivity index (χ4v) is 2.78. The summed E-state index contributed by atoms with van der Waals surface area (Å²) >= 11 is 0. The number of pyridine rings is 1. The third kappa shape index (κ3) is 2.62. The van der Waals surface area contributed by atoms with E-state index in [-0.39, 0.29) is 0 Å². The summed E-state index contributed by atoms with van der Waals surface area (Å²) in [4.78, 5) is 4.41. The molecule has 1 aliphatic carbocycles. The van der Waals surface area contributed by atoms with Crippen LogP contribution in [0.1, 0.15) is 51.3 Å². The molecule has 0 radical (unpaired) electrons. The third-order valence-corrected chi connectivity index (χ3v) is 3.78. The van der Waals surface area contributed by atoms with Gasteiger partial charge < -0.3 is 5.32 Å². The van der Waals surface area contributed by atoms with E-state index in [1.54, 1.807) is 0 Å². The minimum Gasteiger partial charge on any atom is -0.306 e. The van der Waals surface area contributed by atoms with Gasteiger partial charge in [0.25, 0.3) is 0 Å². The summed E-state index contributed by atoms with van der Waals surface area (Å²) in [6.07, 6.45) is 7.27. The van der Waals surface area contributed by atoms with Gasteiger partial charge in [-0.25, -0.2) is 0 Å². The molecule has 1 aliphatic rings. The lowest BCUT2D eigenvalue weighted by atomic mass is 9.99. The Balaban J connectivity index is 1.94. The lowest BCUT2D eigenvalue weighted by molar-refractivity contribution is 0.357. The molecule has 16 heavy (non-hydrogen) atoms. The lowest BCUT2D eigenvalue weighted by Crippen LogP contribution is -2.34. The minimum atomic E-state index is 0.373. The van der Waals surface area contributed by atoms with Crippen LogP contribution in [0.2, 0.25) is 0 Å². The van der Waals surface area contributed by atoms with Gasteiger partial charge in [0.2, 0.25) is 0 Å². The highest BCUT2D eigenvalue weighted by Gasteiger charge is 2.26. The molecule has 1 saturated carbocycles. The van der Waals surface area contributed by atoms with E-state index in [1.165, 1.54) is 25.7 Å². The number of hydrogen-bond acceptors (Lipinski definition) is 2. The predicted octanol–water partition coefficient (Wildman–Crippen LogP) is 3.31. The zero-order valence-corrected chi connectivity index (χ0v) is 10.3. The number of nitrogens with zero attached hydrogens (tertiary/aromatic N) is 1. The second-order valence-electron chi connectivity index (χ2n) is 4.85. The van der Waals surface area contributed by atoms with Crippen molar-refractivity contribution in [3.63, 3.8) is 0 Å². The Morgan fingerprint density at radius 3 is 3.00 bits per heavy atom. The standard InChI is InChI=1S/C14H22N2/c1-3-12-7-6-9-14(12)16-11(2)13-8-4-5-10-15-13/h4-5,8,10-12,14,16H,3,6-7,9H2,1-2H3/t11-,12?,14?/m1/s1. The van der Waals surface area contributed by atoms with Crippen LogP contribution < -0.4 is 5.32 Å². The number of aromatic nitrogens is 1. The molecule has 88 valence electrons. The second-order valence-corrected chi connectivity index (χ2v) is 4.85. The molecule has 1 N–H and O–H groups in total. The van der Waals surface area contributed by atoms with Crippen molar-refractivity contribution >= 4 is 0 Å². The summed E-state index contributed by atoms with van der Waals surface area (Å²) in [7, 11) is 0. The molecule has 1 aromatic rings. The summed E-state index contributed by atoms with van der Waals surface area (Å²) in [5, 5.41) is 3.73. The van der Waals surface area contributed by atoms with Gasteiger partial charge in [-0.15, -0.1) is 0 Å². The summed E-state index contributed by atoms with van der Waals surface area (Å²) in [5.74, 6) is 0.867. The van der Waals surface area contributed by atoms with Gasteiger partial charge in [-0.3, -0.25) is 4.98 Å². The van der Waals surface area contributed by atoms with Gasteiger partial charge in [-0.1, -0.05) is 25.8 Å². The first kappa shape index (κ1) is 11.6. The number of hydrogen-bond donors (Lipinski definition) is 1. The van der Waals surface area contributed by atoms with Crippen LogP contribution in [0.5, 0.6) is 0 Å².